The van der Waals surface area contributed by atoms with Crippen LogP contribution in [0.3, 0.4) is 0 Å². The Labute approximate surface area is 194 Å². The van der Waals surface area contributed by atoms with E-state index in [2.05, 4.69) is 16.5 Å². The number of carbonyl (C=O) groups excluding carboxylic acids is 1. The molecule has 2 N–H and O–H groups in total. The Morgan fingerprint density at radius 1 is 1.06 bits per heavy atom. The van der Waals surface area contributed by atoms with E-state index in [0.29, 0.717) is 24.9 Å². The molecule has 1 amide bonds. The predicted octanol–water partition coefficient (Wildman–Crippen LogP) is 2.85. The van der Waals surface area contributed by atoms with Gasteiger partial charge in [-0.15, -0.1) is 0 Å². The van der Waals surface area contributed by atoms with Crippen molar-refractivity contribution in [2.24, 2.45) is 5.73 Å². The number of benzene rings is 2. The minimum absolute atomic E-state index is 0.101. The van der Waals surface area contributed by atoms with Crippen LogP contribution in [0.4, 0.5) is 5.95 Å². The van der Waals surface area contributed by atoms with Gasteiger partial charge in [-0.3, -0.25) is 4.79 Å². The fourth-order valence-electron chi connectivity index (χ4n) is 3.23. The summed E-state index contributed by atoms with van der Waals surface area (Å²) < 4.78 is 26.7. The number of aromatic nitrogens is 2. The summed E-state index contributed by atoms with van der Waals surface area (Å²) in [5.41, 5.74) is 7.78. The van der Waals surface area contributed by atoms with Crippen LogP contribution in [0.5, 0.6) is 0 Å². The zero-order valence-electron chi connectivity index (χ0n) is 18.4. The van der Waals surface area contributed by atoms with Crippen molar-refractivity contribution in [3.63, 3.8) is 0 Å². The molecular weight excluding hydrogens is 438 g/mol. The van der Waals surface area contributed by atoms with Crippen molar-refractivity contribution in [3.8, 4) is 0 Å². The minimum Gasteiger partial charge on any atom is -0.326 e. The molecule has 2 aromatic carbocycles. The van der Waals surface area contributed by atoms with Crippen LogP contribution in [-0.4, -0.2) is 48.8 Å². The van der Waals surface area contributed by atoms with Crippen LogP contribution in [0.2, 0.25) is 0 Å². The Bertz CT molecular complexity index is 1170. The van der Waals surface area contributed by atoms with Gasteiger partial charge in [0.15, 0.2) is 0 Å². The molecule has 9 heteroatoms. The molecule has 8 nitrogen and oxygen atoms in total. The molecule has 0 saturated heterocycles. The lowest BCUT2D eigenvalue weighted by atomic mass is 10.1. The summed E-state index contributed by atoms with van der Waals surface area (Å²) in [6, 6.07) is 17.0. The normalized spacial score (nSPS) is 12.1. The third-order valence-electron chi connectivity index (χ3n) is 5.15. The zero-order chi connectivity index (χ0) is 23.8. The summed E-state index contributed by atoms with van der Waals surface area (Å²) >= 11 is 0. The summed E-state index contributed by atoms with van der Waals surface area (Å²) in [7, 11) is -2.35. The van der Waals surface area contributed by atoms with E-state index in [1.165, 1.54) is 30.5 Å². The van der Waals surface area contributed by atoms with Crippen LogP contribution in [-0.2, 0) is 16.4 Å². The van der Waals surface area contributed by atoms with E-state index in [0.717, 1.165) is 9.87 Å². The van der Waals surface area contributed by atoms with Crippen LogP contribution < -0.4 is 10.0 Å². The largest absolute Gasteiger partial charge is 0.326 e. The molecule has 1 aromatic heterocycles. The molecule has 0 spiro atoms. The molecule has 0 fully saturated rings. The highest BCUT2D eigenvalue weighted by Crippen LogP contribution is 2.19. The first kappa shape index (κ1) is 24.1. The summed E-state index contributed by atoms with van der Waals surface area (Å²) in [6.45, 7) is 4.07. The lowest BCUT2D eigenvalue weighted by Crippen LogP contribution is -2.38. The van der Waals surface area contributed by atoms with Crippen molar-refractivity contribution in [1.82, 2.24) is 14.9 Å². The number of aryl methyl sites for hydroxylation is 1. The van der Waals surface area contributed by atoms with E-state index in [1.807, 2.05) is 18.2 Å². The molecule has 172 valence electrons. The smallest absolute Gasteiger partial charge is 0.266 e. The van der Waals surface area contributed by atoms with Gasteiger partial charge in [-0.25, -0.2) is 22.7 Å². The summed E-state index contributed by atoms with van der Waals surface area (Å²) in [6.07, 6.45) is 5.73. The van der Waals surface area contributed by atoms with Gasteiger partial charge in [0.2, 0.25) is 5.95 Å². The number of hydrogen-bond acceptors (Lipinski definition) is 6. The Balaban J connectivity index is 1.58. The minimum atomic E-state index is -3.77. The highest BCUT2D eigenvalue weighted by Gasteiger charge is 2.23. The van der Waals surface area contributed by atoms with Crippen LogP contribution in [0, 0.1) is 0 Å². The average Bonchev–Trinajstić information content (AvgIpc) is 2.86. The van der Waals surface area contributed by atoms with Gasteiger partial charge in [0.25, 0.3) is 15.9 Å². The van der Waals surface area contributed by atoms with E-state index < -0.39 is 10.0 Å². The Kier molecular flexibility index (Phi) is 7.92. The van der Waals surface area contributed by atoms with Crippen LogP contribution in [0.25, 0.3) is 0 Å². The quantitative estimate of drug-likeness (QED) is 0.493. The number of carbonyl (C=O) groups is 1. The van der Waals surface area contributed by atoms with Crippen molar-refractivity contribution in [2.45, 2.75) is 23.8 Å². The van der Waals surface area contributed by atoms with Crippen molar-refractivity contribution in [2.75, 3.05) is 17.9 Å². The van der Waals surface area contributed by atoms with Crippen molar-refractivity contribution >= 4 is 21.9 Å². The van der Waals surface area contributed by atoms with E-state index in [1.54, 1.807) is 42.5 Å². The maximum Gasteiger partial charge on any atom is 0.266 e. The average molecular weight is 466 g/mol. The van der Waals surface area contributed by atoms with E-state index in [9.17, 15) is 13.2 Å². The van der Waals surface area contributed by atoms with E-state index in [-0.39, 0.29) is 22.8 Å². The summed E-state index contributed by atoms with van der Waals surface area (Å²) in [5, 5.41) is 0. The molecule has 0 bridgehead atoms. The first-order valence-corrected chi connectivity index (χ1v) is 11.9. The fraction of sp³-hybridized carbons (Fsp3) is 0.208. The molecule has 0 saturated carbocycles. The number of hydrogen-bond donors (Lipinski definition) is 1. The van der Waals surface area contributed by atoms with Crippen molar-refractivity contribution in [3.05, 3.63) is 97.0 Å². The van der Waals surface area contributed by atoms with Gasteiger partial charge < -0.3 is 10.6 Å². The van der Waals surface area contributed by atoms with Gasteiger partial charge in [-0.05, 0) is 54.9 Å². The second-order valence-electron chi connectivity index (χ2n) is 7.47. The second-order valence-corrected chi connectivity index (χ2v) is 9.44. The molecule has 1 unspecified atom stereocenters. The summed E-state index contributed by atoms with van der Waals surface area (Å²) in [5.74, 6) is -0.0495. The highest BCUT2D eigenvalue weighted by molar-refractivity contribution is 7.92. The lowest BCUT2D eigenvalue weighted by molar-refractivity contribution is 0.0814. The zero-order valence-corrected chi connectivity index (χ0v) is 19.2. The topological polar surface area (TPSA) is 109 Å². The number of sulfonamides is 1. The standard InChI is InChI=1S/C24H27N5O3S/c1-3-29(23(30)20-8-5-4-6-9-20)18-21(25)13-10-19-11-14-22(15-12-19)33(31,32)28(2)24-26-16-7-17-27-24/h3-9,11-12,14-17,21H,1,10,13,18,25H2,2H3. The van der Waals surface area contributed by atoms with Gasteiger partial charge in [0.05, 0.1) is 4.90 Å². The highest BCUT2D eigenvalue weighted by atomic mass is 32.2. The molecule has 33 heavy (non-hydrogen) atoms. The molecule has 3 aromatic rings. The van der Waals surface area contributed by atoms with E-state index in [4.69, 9.17) is 5.73 Å². The van der Waals surface area contributed by atoms with E-state index >= 15 is 0 Å². The maximum atomic E-state index is 12.8. The Morgan fingerprint density at radius 2 is 1.70 bits per heavy atom. The maximum absolute atomic E-state index is 12.8. The van der Waals surface area contributed by atoms with Crippen LogP contribution in [0.15, 0.2) is 90.7 Å². The number of amides is 1. The number of anilines is 1. The fourth-order valence-corrected chi connectivity index (χ4v) is 4.34. The SMILES string of the molecule is C=CN(CC(N)CCc1ccc(S(=O)(=O)N(C)c2ncccn2)cc1)C(=O)c1ccccc1. The third kappa shape index (κ3) is 6.03. The lowest BCUT2D eigenvalue weighted by Gasteiger charge is -2.22. The number of nitrogens with two attached hydrogens (primary N) is 1. The first-order chi connectivity index (χ1) is 15.8. The van der Waals surface area contributed by atoms with Crippen molar-refractivity contribution in [1.29, 1.82) is 0 Å². The number of nitrogens with zero attached hydrogens (tertiary/aromatic N) is 4. The molecule has 0 aliphatic rings. The van der Waals surface area contributed by atoms with Gasteiger partial charge in [0.1, 0.15) is 0 Å². The Hall–Kier alpha value is -3.56. The molecule has 1 heterocycles. The molecule has 0 aliphatic heterocycles. The second kappa shape index (κ2) is 10.8. The first-order valence-electron chi connectivity index (χ1n) is 10.4. The van der Waals surface area contributed by atoms with Crippen LogP contribution in [0.1, 0.15) is 22.3 Å². The predicted molar refractivity (Wildman–Crippen MR) is 128 cm³/mol. The Morgan fingerprint density at radius 3 is 2.30 bits per heavy atom. The molecule has 1 atom stereocenters. The van der Waals surface area contributed by atoms with Crippen LogP contribution >= 0.6 is 0 Å². The monoisotopic (exact) mass is 465 g/mol. The van der Waals surface area contributed by atoms with Gasteiger partial charge in [0, 0.05) is 37.6 Å². The summed E-state index contributed by atoms with van der Waals surface area (Å²) in [4.78, 5) is 22.2. The number of rotatable bonds is 10. The van der Waals surface area contributed by atoms with Crippen molar-refractivity contribution < 1.29 is 13.2 Å². The van der Waals surface area contributed by atoms with Gasteiger partial charge in [-0.1, -0.05) is 36.9 Å². The van der Waals surface area contributed by atoms with Gasteiger partial charge >= 0.3 is 0 Å². The molecule has 0 radical (unpaired) electrons. The molecular formula is C24H27N5O3S. The third-order valence-corrected chi connectivity index (χ3v) is 6.90. The molecule has 3 rings (SSSR count). The van der Waals surface area contributed by atoms with Gasteiger partial charge in [-0.2, -0.15) is 0 Å². The molecule has 0 aliphatic carbocycles.